The quantitative estimate of drug-likeness (QED) is 0.722. The average Bonchev–Trinajstić information content (AvgIpc) is 2.92. The minimum Gasteiger partial charge on any atom is -0.375 e. The third kappa shape index (κ3) is 3.46. The summed E-state index contributed by atoms with van der Waals surface area (Å²) in [6, 6.07) is 0.500. The summed E-state index contributed by atoms with van der Waals surface area (Å²) in [5, 5.41) is 3.44. The molecule has 0 radical (unpaired) electrons. The lowest BCUT2D eigenvalue weighted by atomic mass is 10.2. The standard InChI is InChI=1S/C12H22N2O2/c1-16-9-12(15)14(7-10-4-5-10)8-11-3-2-6-13-11/h10-11,13H,2-9H2,1H3. The zero-order chi connectivity index (χ0) is 11.4. The molecule has 2 fully saturated rings. The number of hydrogen-bond donors (Lipinski definition) is 1. The van der Waals surface area contributed by atoms with Crippen molar-refractivity contribution in [2.24, 2.45) is 5.92 Å². The van der Waals surface area contributed by atoms with E-state index >= 15 is 0 Å². The van der Waals surface area contributed by atoms with Gasteiger partial charge in [-0.15, -0.1) is 0 Å². The predicted molar refractivity (Wildman–Crippen MR) is 62.2 cm³/mol. The van der Waals surface area contributed by atoms with Crippen molar-refractivity contribution < 1.29 is 9.53 Å². The van der Waals surface area contributed by atoms with Crippen LogP contribution in [0.1, 0.15) is 25.7 Å². The second kappa shape index (κ2) is 5.64. The van der Waals surface area contributed by atoms with Crippen molar-refractivity contribution in [3.8, 4) is 0 Å². The second-order valence-corrected chi connectivity index (χ2v) is 4.97. The second-order valence-electron chi connectivity index (χ2n) is 4.97. The van der Waals surface area contributed by atoms with Crippen LogP contribution in [0, 0.1) is 5.92 Å². The molecule has 1 aliphatic carbocycles. The molecule has 1 amide bonds. The lowest BCUT2D eigenvalue weighted by molar-refractivity contribution is -0.135. The summed E-state index contributed by atoms with van der Waals surface area (Å²) < 4.78 is 4.94. The fraction of sp³-hybridized carbons (Fsp3) is 0.917. The molecule has 0 bridgehead atoms. The molecular formula is C12H22N2O2. The van der Waals surface area contributed by atoms with Crippen LogP contribution in [0.15, 0.2) is 0 Å². The van der Waals surface area contributed by atoms with E-state index in [-0.39, 0.29) is 12.5 Å². The molecule has 4 nitrogen and oxygen atoms in total. The van der Waals surface area contributed by atoms with Gasteiger partial charge < -0.3 is 15.0 Å². The van der Waals surface area contributed by atoms with Crippen molar-refractivity contribution in [3.05, 3.63) is 0 Å². The van der Waals surface area contributed by atoms with Gasteiger partial charge >= 0.3 is 0 Å². The molecule has 4 heteroatoms. The molecular weight excluding hydrogens is 204 g/mol. The van der Waals surface area contributed by atoms with E-state index < -0.39 is 0 Å². The van der Waals surface area contributed by atoms with Crippen LogP contribution in [0.2, 0.25) is 0 Å². The van der Waals surface area contributed by atoms with E-state index in [1.54, 1.807) is 7.11 Å². The van der Waals surface area contributed by atoms with Crippen molar-refractivity contribution in [3.63, 3.8) is 0 Å². The molecule has 0 spiro atoms. The Bertz CT molecular complexity index is 235. The van der Waals surface area contributed by atoms with E-state index in [2.05, 4.69) is 5.32 Å². The van der Waals surface area contributed by atoms with Gasteiger partial charge in [0.2, 0.25) is 5.91 Å². The fourth-order valence-electron chi connectivity index (χ4n) is 2.28. The smallest absolute Gasteiger partial charge is 0.248 e. The van der Waals surface area contributed by atoms with Gasteiger partial charge in [-0.1, -0.05) is 0 Å². The van der Waals surface area contributed by atoms with Crippen LogP contribution in [0.3, 0.4) is 0 Å². The minimum atomic E-state index is 0.142. The summed E-state index contributed by atoms with van der Waals surface area (Å²) in [6.07, 6.45) is 5.01. The summed E-state index contributed by atoms with van der Waals surface area (Å²) in [5.74, 6) is 0.894. The van der Waals surface area contributed by atoms with Crippen LogP contribution in [-0.4, -0.2) is 50.2 Å². The Morgan fingerprint density at radius 3 is 2.75 bits per heavy atom. The number of nitrogens with zero attached hydrogens (tertiary/aromatic N) is 1. The third-order valence-corrected chi connectivity index (χ3v) is 3.40. The Morgan fingerprint density at radius 1 is 1.38 bits per heavy atom. The first-order valence-electron chi connectivity index (χ1n) is 6.29. The van der Waals surface area contributed by atoms with Gasteiger partial charge in [-0.3, -0.25) is 4.79 Å². The summed E-state index contributed by atoms with van der Waals surface area (Å²) in [4.78, 5) is 13.9. The summed E-state index contributed by atoms with van der Waals surface area (Å²) in [7, 11) is 1.58. The van der Waals surface area contributed by atoms with Gasteiger partial charge in [-0.2, -0.15) is 0 Å². The number of carbonyl (C=O) groups is 1. The van der Waals surface area contributed by atoms with Gasteiger partial charge in [0, 0.05) is 26.2 Å². The molecule has 1 unspecified atom stereocenters. The largest absolute Gasteiger partial charge is 0.375 e. The summed E-state index contributed by atoms with van der Waals surface area (Å²) in [5.41, 5.74) is 0. The lowest BCUT2D eigenvalue weighted by Gasteiger charge is -2.25. The fourth-order valence-corrected chi connectivity index (χ4v) is 2.28. The minimum absolute atomic E-state index is 0.142. The maximum Gasteiger partial charge on any atom is 0.248 e. The first kappa shape index (κ1) is 11.9. The molecule has 2 aliphatic rings. The van der Waals surface area contributed by atoms with Gasteiger partial charge in [0.1, 0.15) is 6.61 Å². The highest BCUT2D eigenvalue weighted by Crippen LogP contribution is 2.30. The van der Waals surface area contributed by atoms with Crippen LogP contribution in [0.25, 0.3) is 0 Å². The molecule has 1 saturated heterocycles. The van der Waals surface area contributed by atoms with Crippen LogP contribution >= 0.6 is 0 Å². The maximum absolute atomic E-state index is 11.9. The highest BCUT2D eigenvalue weighted by atomic mass is 16.5. The maximum atomic E-state index is 11.9. The Kier molecular flexibility index (Phi) is 4.18. The topological polar surface area (TPSA) is 41.6 Å². The highest BCUT2D eigenvalue weighted by molar-refractivity contribution is 5.77. The van der Waals surface area contributed by atoms with Crippen molar-refractivity contribution in [1.29, 1.82) is 0 Å². The van der Waals surface area contributed by atoms with Gasteiger partial charge in [-0.25, -0.2) is 0 Å². The van der Waals surface area contributed by atoms with Gasteiger partial charge in [0.05, 0.1) is 0 Å². The van der Waals surface area contributed by atoms with E-state index in [1.165, 1.54) is 25.7 Å². The molecule has 0 aromatic heterocycles. The van der Waals surface area contributed by atoms with Crippen molar-refractivity contribution in [2.75, 3.05) is 33.4 Å². The zero-order valence-electron chi connectivity index (χ0n) is 10.1. The zero-order valence-corrected chi connectivity index (χ0v) is 10.1. The number of hydrogen-bond acceptors (Lipinski definition) is 3. The summed E-state index contributed by atoms with van der Waals surface area (Å²) in [6.45, 7) is 3.11. The molecule has 1 aliphatic heterocycles. The first-order chi connectivity index (χ1) is 7.79. The van der Waals surface area contributed by atoms with Crippen LogP contribution in [-0.2, 0) is 9.53 Å². The molecule has 0 aromatic rings. The average molecular weight is 226 g/mol. The van der Waals surface area contributed by atoms with E-state index in [0.717, 1.165) is 25.6 Å². The lowest BCUT2D eigenvalue weighted by Crippen LogP contribution is -2.43. The van der Waals surface area contributed by atoms with E-state index in [0.29, 0.717) is 6.04 Å². The number of amides is 1. The van der Waals surface area contributed by atoms with E-state index in [4.69, 9.17) is 4.74 Å². The van der Waals surface area contributed by atoms with Gasteiger partial charge in [-0.05, 0) is 38.1 Å². The number of methoxy groups -OCH3 is 1. The Balaban J connectivity index is 1.81. The summed E-state index contributed by atoms with van der Waals surface area (Å²) >= 11 is 0. The monoisotopic (exact) mass is 226 g/mol. The van der Waals surface area contributed by atoms with Gasteiger partial charge in [0.15, 0.2) is 0 Å². The van der Waals surface area contributed by atoms with Crippen molar-refractivity contribution in [2.45, 2.75) is 31.7 Å². The highest BCUT2D eigenvalue weighted by Gasteiger charge is 2.28. The number of nitrogens with one attached hydrogen (secondary N) is 1. The SMILES string of the molecule is COCC(=O)N(CC1CC1)CC1CCCN1. The van der Waals surface area contributed by atoms with Crippen LogP contribution < -0.4 is 5.32 Å². The number of rotatable bonds is 6. The van der Waals surface area contributed by atoms with Crippen LogP contribution in [0.5, 0.6) is 0 Å². The molecule has 1 saturated carbocycles. The predicted octanol–water partition coefficient (Wildman–Crippen LogP) is 0.623. The molecule has 1 N–H and O–H groups in total. The molecule has 92 valence electrons. The molecule has 0 aromatic carbocycles. The molecule has 16 heavy (non-hydrogen) atoms. The first-order valence-corrected chi connectivity index (χ1v) is 6.29. The molecule has 1 atom stereocenters. The van der Waals surface area contributed by atoms with Crippen molar-refractivity contribution >= 4 is 5.91 Å². The number of ether oxygens (including phenoxy) is 1. The number of carbonyl (C=O) groups excluding carboxylic acids is 1. The van der Waals surface area contributed by atoms with Gasteiger partial charge in [0.25, 0.3) is 0 Å². The Labute approximate surface area is 97.3 Å². The normalized spacial score (nSPS) is 24.7. The van der Waals surface area contributed by atoms with Crippen LogP contribution in [0.4, 0.5) is 0 Å². The van der Waals surface area contributed by atoms with Crippen molar-refractivity contribution in [1.82, 2.24) is 10.2 Å². The van der Waals surface area contributed by atoms with E-state index in [9.17, 15) is 4.79 Å². The Morgan fingerprint density at radius 2 is 2.19 bits per heavy atom. The molecule has 1 heterocycles. The molecule has 2 rings (SSSR count). The Hall–Kier alpha value is -0.610. The van der Waals surface area contributed by atoms with E-state index in [1.807, 2.05) is 4.90 Å². The third-order valence-electron chi connectivity index (χ3n) is 3.40.